The molecule has 0 aliphatic rings. The summed E-state index contributed by atoms with van der Waals surface area (Å²) in [4.78, 5) is 34.7. The zero-order chi connectivity index (χ0) is 34.9. The number of esters is 2. The molecule has 0 heterocycles. The Morgan fingerprint density at radius 3 is 1.57 bits per heavy atom. The fourth-order valence-electron chi connectivity index (χ4n) is 5.16. The second kappa shape index (κ2) is 33.5. The quantitative estimate of drug-likeness (QED) is 0.0251. The predicted octanol–water partition coefficient (Wildman–Crippen LogP) is 8.92. The Morgan fingerprint density at radius 1 is 0.638 bits per heavy atom. The molecular formula is C36H70O10P-. The lowest BCUT2D eigenvalue weighted by Gasteiger charge is -2.21. The number of hydrogen-bond donors (Lipinski definition) is 3. The molecule has 280 valence electrons. The highest BCUT2D eigenvalue weighted by molar-refractivity contribution is 7.47. The minimum absolute atomic E-state index is 0.123. The monoisotopic (exact) mass is 693 g/mol. The molecule has 10 nitrogen and oxygen atoms in total. The molecule has 0 aromatic carbocycles. The van der Waals surface area contributed by atoms with E-state index in [0.29, 0.717) is 6.42 Å². The van der Waals surface area contributed by atoms with Gasteiger partial charge in [0.1, 0.15) is 12.7 Å². The van der Waals surface area contributed by atoms with Gasteiger partial charge in [-0.2, -0.15) is 6.42 Å². The third-order valence-electron chi connectivity index (χ3n) is 8.10. The fourth-order valence-corrected chi connectivity index (χ4v) is 5.95. The van der Waals surface area contributed by atoms with Crippen LogP contribution in [-0.2, 0) is 32.7 Å². The average Bonchev–Trinajstić information content (AvgIpc) is 3.05. The van der Waals surface area contributed by atoms with Crippen LogP contribution in [0.4, 0.5) is 0 Å². The number of unbranched alkanes of at least 4 members (excludes halogenated alkanes) is 22. The molecule has 0 spiro atoms. The molecule has 0 saturated carbocycles. The molecule has 0 amide bonds. The lowest BCUT2D eigenvalue weighted by molar-refractivity contribution is -0.161. The first kappa shape index (κ1) is 46.0. The lowest BCUT2D eigenvalue weighted by Crippen LogP contribution is -2.29. The largest absolute Gasteiger partial charge is 0.472 e. The molecular weight excluding hydrogens is 623 g/mol. The van der Waals surface area contributed by atoms with Crippen LogP contribution in [0, 0.1) is 6.42 Å². The lowest BCUT2D eigenvalue weighted by atomic mass is 10.0. The van der Waals surface area contributed by atoms with Gasteiger partial charge in [-0.15, -0.1) is 0 Å². The van der Waals surface area contributed by atoms with E-state index in [9.17, 15) is 24.2 Å². The number of hydrogen-bond acceptors (Lipinski definition) is 9. The Hall–Kier alpha value is -1.03. The van der Waals surface area contributed by atoms with Gasteiger partial charge in [0.2, 0.25) is 0 Å². The molecule has 0 aliphatic carbocycles. The Bertz CT molecular complexity index is 766. The van der Waals surface area contributed by atoms with E-state index in [0.717, 1.165) is 38.5 Å². The van der Waals surface area contributed by atoms with Gasteiger partial charge in [-0.25, -0.2) is 4.57 Å². The number of carbonyl (C=O) groups excluding carboxylic acids is 2. The highest BCUT2D eigenvalue weighted by atomic mass is 31.2. The number of phosphoric ester groups is 1. The van der Waals surface area contributed by atoms with Crippen LogP contribution in [0.3, 0.4) is 0 Å². The van der Waals surface area contributed by atoms with Gasteiger partial charge in [-0.05, 0) is 6.42 Å². The van der Waals surface area contributed by atoms with Crippen LogP contribution >= 0.6 is 7.82 Å². The summed E-state index contributed by atoms with van der Waals surface area (Å²) in [5.74, 6) is -0.980. The van der Waals surface area contributed by atoms with Gasteiger partial charge in [-0.1, -0.05) is 155 Å². The summed E-state index contributed by atoms with van der Waals surface area (Å²) in [7, 11) is -4.61. The van der Waals surface area contributed by atoms with Gasteiger partial charge in [0.15, 0.2) is 6.10 Å². The van der Waals surface area contributed by atoms with E-state index in [4.69, 9.17) is 19.1 Å². The van der Waals surface area contributed by atoms with E-state index in [1.807, 2.05) is 6.42 Å². The zero-order valence-electron chi connectivity index (χ0n) is 29.9. The van der Waals surface area contributed by atoms with Crippen molar-refractivity contribution in [3.63, 3.8) is 0 Å². The van der Waals surface area contributed by atoms with Crippen LogP contribution in [-0.4, -0.2) is 65.7 Å². The second-order valence-corrected chi connectivity index (χ2v) is 14.2. The Kier molecular flexibility index (Phi) is 32.7. The van der Waals surface area contributed by atoms with E-state index < -0.39 is 51.8 Å². The number of phosphoric acid groups is 1. The SMILES string of the molecule is CCCCCCCCCCC[CH-]CC(=O)OC[C@H](COP(=O)(O)OC[C@@H](O)CO)OC(=O)CCCCCCCCCCCCCCC. The highest BCUT2D eigenvalue weighted by Gasteiger charge is 2.27. The average molecular weight is 694 g/mol. The van der Waals surface area contributed by atoms with Crippen molar-refractivity contribution in [1.29, 1.82) is 0 Å². The van der Waals surface area contributed by atoms with Crippen LogP contribution in [0.2, 0.25) is 0 Å². The number of carbonyl (C=O) groups is 2. The van der Waals surface area contributed by atoms with Crippen molar-refractivity contribution in [2.75, 3.05) is 26.4 Å². The molecule has 0 aromatic rings. The van der Waals surface area contributed by atoms with Gasteiger partial charge in [0, 0.05) is 6.42 Å². The second-order valence-electron chi connectivity index (χ2n) is 12.8. The summed E-state index contributed by atoms with van der Waals surface area (Å²) in [6, 6.07) is 0. The molecule has 11 heteroatoms. The summed E-state index contributed by atoms with van der Waals surface area (Å²) in [5.41, 5.74) is 0. The summed E-state index contributed by atoms with van der Waals surface area (Å²) < 4.78 is 32.5. The molecule has 0 bridgehead atoms. The first-order chi connectivity index (χ1) is 22.7. The van der Waals surface area contributed by atoms with E-state index in [2.05, 4.69) is 18.4 Å². The van der Waals surface area contributed by atoms with Crippen LogP contribution in [0.15, 0.2) is 0 Å². The van der Waals surface area contributed by atoms with Crippen molar-refractivity contribution >= 4 is 19.8 Å². The molecule has 1 unspecified atom stereocenters. The van der Waals surface area contributed by atoms with E-state index >= 15 is 0 Å². The molecule has 0 radical (unpaired) electrons. The van der Waals surface area contributed by atoms with Gasteiger partial charge in [0.05, 0.1) is 19.8 Å². The molecule has 0 fully saturated rings. The molecule has 0 aliphatic heterocycles. The van der Waals surface area contributed by atoms with Crippen LogP contribution in [0.5, 0.6) is 0 Å². The first-order valence-corrected chi connectivity index (χ1v) is 20.3. The van der Waals surface area contributed by atoms with Crippen LogP contribution in [0.1, 0.15) is 174 Å². The minimum atomic E-state index is -4.61. The number of rotatable bonds is 36. The van der Waals surface area contributed by atoms with E-state index in [-0.39, 0.29) is 19.4 Å². The molecule has 0 rings (SSSR count). The Labute approximate surface area is 286 Å². The third kappa shape index (κ3) is 33.3. The maximum atomic E-state index is 12.5. The number of ether oxygens (including phenoxy) is 2. The van der Waals surface area contributed by atoms with Gasteiger partial charge in [0.25, 0.3) is 5.97 Å². The normalized spacial score (nSPS) is 14.1. The third-order valence-corrected chi connectivity index (χ3v) is 9.05. The van der Waals surface area contributed by atoms with Crippen molar-refractivity contribution in [2.45, 2.75) is 187 Å². The summed E-state index contributed by atoms with van der Waals surface area (Å²) >= 11 is 0. The van der Waals surface area contributed by atoms with Crippen molar-refractivity contribution in [1.82, 2.24) is 0 Å². The smallest absolute Gasteiger partial charge is 0.464 e. The Balaban J connectivity index is 4.35. The standard InChI is InChI=1S/C36H70O10P/c1-3-5-7-9-11-13-15-16-18-20-22-24-26-28-36(40)46-34(32-45-47(41,42)44-30-33(38)29-37)31-43-35(39)27-25-23-21-19-17-14-12-10-8-6-4-2/h25,33-34,37-38H,3-24,26-32H2,1-2H3,(H,41,42)/q-1/t33-,34+/m0/s1. The molecule has 3 atom stereocenters. The van der Waals surface area contributed by atoms with Crippen molar-refractivity contribution in [3.8, 4) is 0 Å². The van der Waals surface area contributed by atoms with E-state index in [1.165, 1.54) is 103 Å². The van der Waals surface area contributed by atoms with Gasteiger partial charge >= 0.3 is 13.8 Å². The highest BCUT2D eigenvalue weighted by Crippen LogP contribution is 2.43. The molecule has 47 heavy (non-hydrogen) atoms. The maximum Gasteiger partial charge on any atom is 0.472 e. The van der Waals surface area contributed by atoms with Crippen molar-refractivity contribution < 1.29 is 47.8 Å². The first-order valence-electron chi connectivity index (χ1n) is 18.8. The molecule has 0 saturated heterocycles. The maximum absolute atomic E-state index is 12.5. The van der Waals surface area contributed by atoms with Crippen LogP contribution in [0.25, 0.3) is 0 Å². The van der Waals surface area contributed by atoms with E-state index in [1.54, 1.807) is 0 Å². The molecule has 0 aromatic heterocycles. The summed E-state index contributed by atoms with van der Waals surface area (Å²) in [6.07, 6.45) is 27.1. The summed E-state index contributed by atoms with van der Waals surface area (Å²) in [5, 5.41) is 18.2. The molecule has 3 N–H and O–H groups in total. The van der Waals surface area contributed by atoms with Crippen LogP contribution < -0.4 is 0 Å². The summed E-state index contributed by atoms with van der Waals surface area (Å²) in [6.45, 7) is 2.33. The van der Waals surface area contributed by atoms with Crippen molar-refractivity contribution in [3.05, 3.63) is 6.42 Å². The fraction of sp³-hybridized carbons (Fsp3) is 0.917. The topological polar surface area (TPSA) is 149 Å². The number of aliphatic hydroxyl groups is 2. The number of aliphatic hydroxyl groups excluding tert-OH is 2. The Morgan fingerprint density at radius 2 is 1.09 bits per heavy atom. The van der Waals surface area contributed by atoms with Gasteiger partial charge < -0.3 is 31.0 Å². The zero-order valence-corrected chi connectivity index (χ0v) is 30.8. The van der Waals surface area contributed by atoms with Crippen molar-refractivity contribution in [2.24, 2.45) is 0 Å². The minimum Gasteiger partial charge on any atom is -0.464 e. The van der Waals surface area contributed by atoms with Gasteiger partial charge in [-0.3, -0.25) is 18.6 Å². The predicted molar refractivity (Wildman–Crippen MR) is 187 cm³/mol.